The van der Waals surface area contributed by atoms with Crippen LogP contribution in [0.5, 0.6) is 0 Å². The molecular formula is C13H15Cl2N. The van der Waals surface area contributed by atoms with Crippen LogP contribution in [0.15, 0.2) is 18.2 Å². The maximum Gasteiger partial charge on any atom is 0.0595 e. The molecule has 0 radical (unpaired) electrons. The Kier molecular flexibility index (Phi) is 2.66. The van der Waals surface area contributed by atoms with Crippen LogP contribution >= 0.6 is 23.2 Å². The third-order valence-electron chi connectivity index (χ3n) is 4.13. The molecular weight excluding hydrogens is 241 g/mol. The van der Waals surface area contributed by atoms with Crippen molar-refractivity contribution in [3.05, 3.63) is 33.8 Å². The van der Waals surface area contributed by atoms with E-state index in [0.717, 1.165) is 13.1 Å². The highest BCUT2D eigenvalue weighted by Gasteiger charge is 2.50. The number of nitrogens with one attached hydrogen (secondary N) is 1. The number of hydrogen-bond donors (Lipinski definition) is 1. The molecule has 1 aliphatic heterocycles. The molecule has 1 saturated heterocycles. The van der Waals surface area contributed by atoms with E-state index in [0.29, 0.717) is 21.4 Å². The summed E-state index contributed by atoms with van der Waals surface area (Å²) < 4.78 is 0. The first kappa shape index (κ1) is 10.9. The standard InChI is InChI=1S/C13H15Cl2N/c14-11-2-1-9(7-12(11)15)10-8-16-6-5-13(10)3-4-13/h1-2,7,10,16H,3-6,8H2. The Bertz CT molecular complexity index is 412. The second-order valence-electron chi connectivity index (χ2n) is 5.04. The molecule has 1 aliphatic carbocycles. The van der Waals surface area contributed by atoms with Crippen molar-refractivity contribution in [3.8, 4) is 0 Å². The summed E-state index contributed by atoms with van der Waals surface area (Å²) in [5.41, 5.74) is 1.92. The van der Waals surface area contributed by atoms with Crippen LogP contribution in [0.1, 0.15) is 30.7 Å². The highest BCUT2D eigenvalue weighted by molar-refractivity contribution is 6.42. The molecule has 1 heterocycles. The van der Waals surface area contributed by atoms with Crippen LogP contribution in [0, 0.1) is 5.41 Å². The Labute approximate surface area is 106 Å². The summed E-state index contributed by atoms with van der Waals surface area (Å²) in [4.78, 5) is 0. The largest absolute Gasteiger partial charge is 0.316 e. The smallest absolute Gasteiger partial charge is 0.0595 e. The zero-order chi connectivity index (χ0) is 11.2. The summed E-state index contributed by atoms with van der Waals surface area (Å²) in [5.74, 6) is 0.621. The third kappa shape index (κ3) is 1.75. The van der Waals surface area contributed by atoms with Crippen molar-refractivity contribution in [1.82, 2.24) is 5.32 Å². The molecule has 1 unspecified atom stereocenters. The van der Waals surface area contributed by atoms with E-state index in [2.05, 4.69) is 11.4 Å². The van der Waals surface area contributed by atoms with E-state index in [1.807, 2.05) is 12.1 Å². The predicted octanol–water partition coefficient (Wildman–Crippen LogP) is 3.85. The minimum Gasteiger partial charge on any atom is -0.316 e. The second kappa shape index (κ2) is 3.90. The van der Waals surface area contributed by atoms with Gasteiger partial charge in [-0.1, -0.05) is 29.3 Å². The molecule has 3 heteroatoms. The van der Waals surface area contributed by atoms with Crippen molar-refractivity contribution in [2.45, 2.75) is 25.2 Å². The van der Waals surface area contributed by atoms with Gasteiger partial charge in [-0.15, -0.1) is 0 Å². The zero-order valence-electron chi connectivity index (χ0n) is 9.10. The van der Waals surface area contributed by atoms with Gasteiger partial charge in [-0.05, 0) is 48.9 Å². The topological polar surface area (TPSA) is 12.0 Å². The molecule has 0 bridgehead atoms. The lowest BCUT2D eigenvalue weighted by Gasteiger charge is -2.33. The van der Waals surface area contributed by atoms with E-state index >= 15 is 0 Å². The van der Waals surface area contributed by atoms with Gasteiger partial charge in [0.05, 0.1) is 10.0 Å². The van der Waals surface area contributed by atoms with Crippen LogP contribution in [0.3, 0.4) is 0 Å². The maximum absolute atomic E-state index is 6.09. The van der Waals surface area contributed by atoms with E-state index in [1.54, 1.807) is 0 Å². The molecule has 0 amide bonds. The number of hydrogen-bond acceptors (Lipinski definition) is 1. The molecule has 1 atom stereocenters. The second-order valence-corrected chi connectivity index (χ2v) is 5.86. The van der Waals surface area contributed by atoms with E-state index in [-0.39, 0.29) is 0 Å². The van der Waals surface area contributed by atoms with E-state index in [4.69, 9.17) is 23.2 Å². The first-order valence-corrected chi connectivity index (χ1v) is 6.63. The highest BCUT2D eigenvalue weighted by Crippen LogP contribution is 2.59. The van der Waals surface area contributed by atoms with Gasteiger partial charge in [-0.3, -0.25) is 0 Å². The highest BCUT2D eigenvalue weighted by atomic mass is 35.5. The monoisotopic (exact) mass is 255 g/mol. The molecule has 1 saturated carbocycles. The zero-order valence-corrected chi connectivity index (χ0v) is 10.6. The van der Waals surface area contributed by atoms with E-state index in [9.17, 15) is 0 Å². The van der Waals surface area contributed by atoms with Gasteiger partial charge in [-0.25, -0.2) is 0 Å². The minimum absolute atomic E-state index is 0.572. The Balaban J connectivity index is 1.93. The lowest BCUT2D eigenvalue weighted by atomic mass is 9.78. The molecule has 1 N–H and O–H groups in total. The van der Waals surface area contributed by atoms with Gasteiger partial charge in [0.15, 0.2) is 0 Å². The molecule has 1 aromatic rings. The molecule has 1 aromatic carbocycles. The lowest BCUT2D eigenvalue weighted by Crippen LogP contribution is -2.36. The Morgan fingerprint density at radius 1 is 1.12 bits per heavy atom. The van der Waals surface area contributed by atoms with Crippen LogP contribution in [0.2, 0.25) is 10.0 Å². The van der Waals surface area contributed by atoms with Gasteiger partial charge >= 0.3 is 0 Å². The SMILES string of the molecule is Clc1ccc(C2CNCCC23CC3)cc1Cl. The number of halogens is 2. The number of benzene rings is 1. The van der Waals surface area contributed by atoms with Crippen molar-refractivity contribution in [2.24, 2.45) is 5.41 Å². The number of piperidine rings is 1. The van der Waals surface area contributed by atoms with Gasteiger partial charge in [0.1, 0.15) is 0 Å². The normalized spacial score (nSPS) is 27.0. The molecule has 3 rings (SSSR count). The van der Waals surface area contributed by atoms with Crippen molar-refractivity contribution in [3.63, 3.8) is 0 Å². The van der Waals surface area contributed by atoms with Gasteiger partial charge in [-0.2, -0.15) is 0 Å². The van der Waals surface area contributed by atoms with E-state index in [1.165, 1.54) is 24.8 Å². The van der Waals surface area contributed by atoms with E-state index < -0.39 is 0 Å². The average Bonchev–Trinajstić information content (AvgIpc) is 3.04. The average molecular weight is 256 g/mol. The molecule has 16 heavy (non-hydrogen) atoms. The summed E-state index contributed by atoms with van der Waals surface area (Å²) in [6, 6.07) is 6.09. The van der Waals surface area contributed by atoms with Crippen molar-refractivity contribution >= 4 is 23.2 Å². The van der Waals surface area contributed by atoms with Crippen LogP contribution in [-0.4, -0.2) is 13.1 Å². The third-order valence-corrected chi connectivity index (χ3v) is 4.86. The van der Waals surface area contributed by atoms with Crippen LogP contribution in [-0.2, 0) is 0 Å². The molecule has 2 aliphatic rings. The fourth-order valence-electron chi connectivity index (χ4n) is 2.93. The Hall–Kier alpha value is -0.240. The van der Waals surface area contributed by atoms with Crippen LogP contribution in [0.25, 0.3) is 0 Å². The van der Waals surface area contributed by atoms with Gasteiger partial charge in [0.25, 0.3) is 0 Å². The van der Waals surface area contributed by atoms with Gasteiger partial charge < -0.3 is 5.32 Å². The van der Waals surface area contributed by atoms with Crippen molar-refractivity contribution < 1.29 is 0 Å². The molecule has 1 spiro atoms. The molecule has 86 valence electrons. The summed E-state index contributed by atoms with van der Waals surface area (Å²) in [7, 11) is 0. The fraction of sp³-hybridized carbons (Fsp3) is 0.538. The Morgan fingerprint density at radius 3 is 2.62 bits per heavy atom. The first-order chi connectivity index (χ1) is 7.71. The van der Waals surface area contributed by atoms with Crippen LogP contribution in [0.4, 0.5) is 0 Å². The minimum atomic E-state index is 0.572. The molecule has 1 nitrogen and oxygen atoms in total. The summed E-state index contributed by atoms with van der Waals surface area (Å²) >= 11 is 12.1. The number of rotatable bonds is 1. The summed E-state index contributed by atoms with van der Waals surface area (Å²) in [6.07, 6.45) is 4.05. The predicted molar refractivity (Wildman–Crippen MR) is 68.4 cm³/mol. The summed E-state index contributed by atoms with van der Waals surface area (Å²) in [6.45, 7) is 2.25. The van der Waals surface area contributed by atoms with Crippen molar-refractivity contribution in [2.75, 3.05) is 13.1 Å². The van der Waals surface area contributed by atoms with Crippen molar-refractivity contribution in [1.29, 1.82) is 0 Å². The molecule has 2 fully saturated rings. The van der Waals surface area contributed by atoms with Gasteiger partial charge in [0, 0.05) is 12.5 Å². The van der Waals surface area contributed by atoms with Gasteiger partial charge in [0.2, 0.25) is 0 Å². The quantitative estimate of drug-likeness (QED) is 0.804. The lowest BCUT2D eigenvalue weighted by molar-refractivity contribution is 0.301. The maximum atomic E-state index is 6.09. The fourth-order valence-corrected chi connectivity index (χ4v) is 3.24. The summed E-state index contributed by atoms with van der Waals surface area (Å²) in [5, 5.41) is 4.82. The Morgan fingerprint density at radius 2 is 1.94 bits per heavy atom. The molecule has 0 aromatic heterocycles. The van der Waals surface area contributed by atoms with Crippen LogP contribution < -0.4 is 5.32 Å². The first-order valence-electron chi connectivity index (χ1n) is 5.87.